The summed E-state index contributed by atoms with van der Waals surface area (Å²) in [7, 11) is 0. The van der Waals surface area contributed by atoms with Gasteiger partial charge in [0.05, 0.1) is 11.6 Å². The van der Waals surface area contributed by atoms with Gasteiger partial charge < -0.3 is 20.5 Å². The van der Waals surface area contributed by atoms with Crippen molar-refractivity contribution in [2.24, 2.45) is 5.73 Å². The van der Waals surface area contributed by atoms with E-state index >= 15 is 0 Å². The van der Waals surface area contributed by atoms with Crippen molar-refractivity contribution < 1.29 is 14.6 Å². The molecule has 2 atom stereocenters. The Kier molecular flexibility index (Phi) is 4.04. The summed E-state index contributed by atoms with van der Waals surface area (Å²) in [6, 6.07) is -0.248. The van der Waals surface area contributed by atoms with Crippen LogP contribution >= 0.6 is 0 Å². The van der Waals surface area contributed by atoms with Crippen molar-refractivity contribution in [3.8, 4) is 0 Å². The maximum atomic E-state index is 12.0. The number of carbonyl (C=O) groups excluding carboxylic acids is 1. The molecule has 0 aromatic heterocycles. The predicted molar refractivity (Wildman–Crippen MR) is 65.6 cm³/mol. The Morgan fingerprint density at radius 1 is 1.47 bits per heavy atom. The highest BCUT2D eigenvalue weighted by molar-refractivity contribution is 5.69. The maximum Gasteiger partial charge on any atom is 0.410 e. The molecular weight excluding hydrogens is 220 g/mol. The number of rotatable bonds is 2. The van der Waals surface area contributed by atoms with Gasteiger partial charge >= 0.3 is 6.09 Å². The zero-order valence-electron chi connectivity index (χ0n) is 11.2. The standard InChI is InChI=1S/C12H24N2O3/c1-11(2,3)17-10(15)14-7-5-6-9(14)12(4,16)8-13/h9,16H,5-8,13H2,1-4H3/t9-,12-/m1/s1. The fourth-order valence-electron chi connectivity index (χ4n) is 2.09. The summed E-state index contributed by atoms with van der Waals surface area (Å²) < 4.78 is 5.33. The van der Waals surface area contributed by atoms with Crippen LogP contribution in [0.1, 0.15) is 40.5 Å². The van der Waals surface area contributed by atoms with Crippen LogP contribution in [0, 0.1) is 0 Å². The van der Waals surface area contributed by atoms with Gasteiger partial charge in [0.25, 0.3) is 0 Å². The van der Waals surface area contributed by atoms with Crippen LogP contribution in [0.3, 0.4) is 0 Å². The molecule has 1 fully saturated rings. The Balaban J connectivity index is 2.73. The van der Waals surface area contributed by atoms with Crippen LogP contribution < -0.4 is 5.73 Å². The molecule has 1 aliphatic heterocycles. The zero-order chi connectivity index (χ0) is 13.3. The minimum absolute atomic E-state index is 0.136. The number of hydrogen-bond donors (Lipinski definition) is 2. The van der Waals surface area contributed by atoms with Crippen LogP contribution in [0.25, 0.3) is 0 Å². The molecule has 0 spiro atoms. The Hall–Kier alpha value is -0.810. The van der Waals surface area contributed by atoms with E-state index in [0.29, 0.717) is 6.54 Å². The number of amides is 1. The first-order valence-electron chi connectivity index (χ1n) is 6.09. The Labute approximate surface area is 103 Å². The molecule has 17 heavy (non-hydrogen) atoms. The lowest BCUT2D eigenvalue weighted by Gasteiger charge is -2.36. The van der Waals surface area contributed by atoms with Gasteiger partial charge in [-0.3, -0.25) is 0 Å². The van der Waals surface area contributed by atoms with Gasteiger partial charge in [0.1, 0.15) is 5.60 Å². The van der Waals surface area contributed by atoms with E-state index in [0.717, 1.165) is 12.8 Å². The molecule has 1 aliphatic rings. The van der Waals surface area contributed by atoms with Gasteiger partial charge in [-0.05, 0) is 40.5 Å². The molecule has 5 heteroatoms. The van der Waals surface area contributed by atoms with Crippen molar-refractivity contribution in [3.63, 3.8) is 0 Å². The van der Waals surface area contributed by atoms with E-state index in [1.54, 1.807) is 11.8 Å². The summed E-state index contributed by atoms with van der Waals surface area (Å²) >= 11 is 0. The summed E-state index contributed by atoms with van der Waals surface area (Å²) in [6.07, 6.45) is 1.28. The fourth-order valence-corrected chi connectivity index (χ4v) is 2.09. The highest BCUT2D eigenvalue weighted by Crippen LogP contribution is 2.28. The summed E-state index contributed by atoms with van der Waals surface area (Å²) in [5, 5.41) is 10.2. The van der Waals surface area contributed by atoms with E-state index in [9.17, 15) is 9.90 Å². The van der Waals surface area contributed by atoms with E-state index < -0.39 is 11.2 Å². The summed E-state index contributed by atoms with van der Waals surface area (Å²) in [5.74, 6) is 0. The average Bonchev–Trinajstić information content (AvgIpc) is 2.63. The van der Waals surface area contributed by atoms with Crippen molar-refractivity contribution in [1.82, 2.24) is 4.90 Å². The van der Waals surface area contributed by atoms with Gasteiger partial charge in [0.15, 0.2) is 0 Å². The van der Waals surface area contributed by atoms with Crippen LogP contribution in [0.4, 0.5) is 4.79 Å². The number of hydrogen-bond acceptors (Lipinski definition) is 4. The first-order chi connectivity index (χ1) is 7.67. The smallest absolute Gasteiger partial charge is 0.410 e. The topological polar surface area (TPSA) is 75.8 Å². The number of aliphatic hydroxyl groups is 1. The van der Waals surface area contributed by atoms with Crippen molar-refractivity contribution in [2.75, 3.05) is 13.1 Å². The fraction of sp³-hybridized carbons (Fsp3) is 0.917. The first-order valence-corrected chi connectivity index (χ1v) is 6.09. The van der Waals surface area contributed by atoms with Gasteiger partial charge in [0, 0.05) is 13.1 Å². The van der Waals surface area contributed by atoms with Crippen LogP contribution in [0.5, 0.6) is 0 Å². The molecule has 3 N–H and O–H groups in total. The number of ether oxygens (including phenoxy) is 1. The SMILES string of the molecule is CC(C)(C)OC(=O)N1CCC[C@@H]1[C@](C)(O)CN. The number of nitrogens with two attached hydrogens (primary N) is 1. The molecule has 0 aromatic carbocycles. The van der Waals surface area contributed by atoms with E-state index in [1.807, 2.05) is 20.8 Å². The second kappa shape index (κ2) is 4.82. The Bertz CT molecular complexity index is 284. The highest BCUT2D eigenvalue weighted by atomic mass is 16.6. The van der Waals surface area contributed by atoms with Crippen LogP contribution in [0.2, 0.25) is 0 Å². The number of likely N-dealkylation sites (tertiary alicyclic amines) is 1. The van der Waals surface area contributed by atoms with Crippen LogP contribution in [0.15, 0.2) is 0 Å². The lowest BCUT2D eigenvalue weighted by atomic mass is 9.94. The summed E-state index contributed by atoms with van der Waals surface area (Å²) in [4.78, 5) is 13.6. The monoisotopic (exact) mass is 244 g/mol. The Morgan fingerprint density at radius 3 is 2.53 bits per heavy atom. The number of carbonyl (C=O) groups is 1. The van der Waals surface area contributed by atoms with E-state index in [1.165, 1.54) is 0 Å². The second-order valence-electron chi connectivity index (χ2n) is 5.89. The predicted octanol–water partition coefficient (Wildman–Crippen LogP) is 1.10. The molecule has 0 aliphatic carbocycles. The first kappa shape index (κ1) is 14.3. The van der Waals surface area contributed by atoms with E-state index in [2.05, 4.69) is 0 Å². The molecule has 0 radical (unpaired) electrons. The van der Waals surface area contributed by atoms with Gasteiger partial charge in [0.2, 0.25) is 0 Å². The summed E-state index contributed by atoms with van der Waals surface area (Å²) in [6.45, 7) is 7.91. The zero-order valence-corrected chi connectivity index (χ0v) is 11.2. The van der Waals surface area contributed by atoms with Crippen molar-refractivity contribution in [1.29, 1.82) is 0 Å². The molecule has 1 rings (SSSR count). The number of nitrogens with zero attached hydrogens (tertiary/aromatic N) is 1. The molecular formula is C12H24N2O3. The second-order valence-corrected chi connectivity index (χ2v) is 5.89. The largest absolute Gasteiger partial charge is 0.444 e. The molecule has 0 bridgehead atoms. The summed E-state index contributed by atoms with van der Waals surface area (Å²) in [5.41, 5.74) is 3.98. The normalized spacial score (nSPS) is 24.6. The third-order valence-electron chi connectivity index (χ3n) is 3.01. The van der Waals surface area contributed by atoms with Gasteiger partial charge in [-0.15, -0.1) is 0 Å². The Morgan fingerprint density at radius 2 is 2.06 bits per heavy atom. The molecule has 0 saturated carbocycles. The van der Waals surface area contributed by atoms with Crippen LogP contribution in [-0.4, -0.2) is 46.4 Å². The molecule has 5 nitrogen and oxygen atoms in total. The third kappa shape index (κ3) is 3.57. The minimum Gasteiger partial charge on any atom is -0.444 e. The van der Waals surface area contributed by atoms with E-state index in [4.69, 9.17) is 10.5 Å². The quantitative estimate of drug-likeness (QED) is 0.762. The van der Waals surface area contributed by atoms with Crippen molar-refractivity contribution >= 4 is 6.09 Å². The third-order valence-corrected chi connectivity index (χ3v) is 3.01. The van der Waals surface area contributed by atoms with Gasteiger partial charge in [-0.1, -0.05) is 0 Å². The lowest BCUT2D eigenvalue weighted by Crippen LogP contribution is -2.54. The highest BCUT2D eigenvalue weighted by Gasteiger charge is 2.42. The molecule has 1 heterocycles. The van der Waals surface area contributed by atoms with Gasteiger partial charge in [-0.2, -0.15) is 0 Å². The molecule has 0 aromatic rings. The van der Waals surface area contributed by atoms with Crippen molar-refractivity contribution in [2.45, 2.75) is 57.8 Å². The molecule has 1 amide bonds. The van der Waals surface area contributed by atoms with Gasteiger partial charge in [-0.25, -0.2) is 4.79 Å². The van der Waals surface area contributed by atoms with Crippen LogP contribution in [-0.2, 0) is 4.74 Å². The molecule has 1 saturated heterocycles. The lowest BCUT2D eigenvalue weighted by molar-refractivity contribution is -0.0286. The minimum atomic E-state index is -1.05. The average molecular weight is 244 g/mol. The van der Waals surface area contributed by atoms with E-state index in [-0.39, 0.29) is 18.7 Å². The maximum absolute atomic E-state index is 12.0. The van der Waals surface area contributed by atoms with Crippen molar-refractivity contribution in [3.05, 3.63) is 0 Å². The molecule has 100 valence electrons. The molecule has 0 unspecified atom stereocenters.